The first-order chi connectivity index (χ1) is 10.2. The standard InChI is InChI=1S/C15H20N2O4/c1-19-9-14(18)17-10-15(11-17)12(5-7-21-15)8-20-13-4-2-3-6-16-13/h2-4,6,12H,5,7-11H2,1H3/t12-/m1/s1. The van der Waals surface area contributed by atoms with E-state index in [1.165, 1.54) is 7.11 Å². The molecule has 1 atom stereocenters. The summed E-state index contributed by atoms with van der Waals surface area (Å²) >= 11 is 0. The van der Waals surface area contributed by atoms with Gasteiger partial charge in [0.15, 0.2) is 0 Å². The molecule has 0 radical (unpaired) electrons. The molecule has 1 aromatic rings. The third kappa shape index (κ3) is 2.87. The number of amides is 1. The summed E-state index contributed by atoms with van der Waals surface area (Å²) in [5.41, 5.74) is -0.238. The van der Waals surface area contributed by atoms with Gasteiger partial charge in [0.25, 0.3) is 0 Å². The topological polar surface area (TPSA) is 60.9 Å². The average molecular weight is 292 g/mol. The van der Waals surface area contributed by atoms with Crippen LogP contribution in [0.5, 0.6) is 5.88 Å². The SMILES string of the molecule is COCC(=O)N1CC2(C1)OCC[C@@H]2COc1ccccn1. The third-order valence-electron chi connectivity index (χ3n) is 4.21. The minimum absolute atomic E-state index is 0.0167. The lowest BCUT2D eigenvalue weighted by molar-refractivity contribution is -0.169. The van der Waals surface area contributed by atoms with E-state index in [9.17, 15) is 4.79 Å². The minimum Gasteiger partial charge on any atom is -0.477 e. The minimum atomic E-state index is -0.238. The molecule has 0 aromatic carbocycles. The molecular formula is C15H20N2O4. The van der Waals surface area contributed by atoms with Crippen LogP contribution in [0.15, 0.2) is 24.4 Å². The zero-order valence-electron chi connectivity index (χ0n) is 12.2. The van der Waals surface area contributed by atoms with Crippen LogP contribution in [0, 0.1) is 5.92 Å². The van der Waals surface area contributed by atoms with Crippen LogP contribution in [0.3, 0.4) is 0 Å². The van der Waals surface area contributed by atoms with Gasteiger partial charge in [-0.05, 0) is 12.5 Å². The number of likely N-dealkylation sites (tertiary alicyclic amines) is 1. The molecule has 0 bridgehead atoms. The molecule has 114 valence electrons. The second-order valence-corrected chi connectivity index (χ2v) is 5.56. The van der Waals surface area contributed by atoms with E-state index in [-0.39, 0.29) is 18.1 Å². The van der Waals surface area contributed by atoms with Crippen molar-refractivity contribution in [3.05, 3.63) is 24.4 Å². The van der Waals surface area contributed by atoms with Crippen LogP contribution >= 0.6 is 0 Å². The lowest BCUT2D eigenvalue weighted by atomic mass is 9.81. The highest BCUT2D eigenvalue weighted by molar-refractivity contribution is 5.78. The van der Waals surface area contributed by atoms with Crippen LogP contribution in [0.4, 0.5) is 0 Å². The summed E-state index contributed by atoms with van der Waals surface area (Å²) in [6, 6.07) is 5.60. The van der Waals surface area contributed by atoms with Crippen molar-refractivity contribution < 1.29 is 19.0 Å². The number of carbonyl (C=O) groups excluding carboxylic acids is 1. The fourth-order valence-electron chi connectivity index (χ4n) is 2.98. The van der Waals surface area contributed by atoms with E-state index < -0.39 is 0 Å². The highest BCUT2D eigenvalue weighted by Gasteiger charge is 2.54. The van der Waals surface area contributed by atoms with Crippen molar-refractivity contribution in [2.45, 2.75) is 12.0 Å². The molecule has 3 heterocycles. The molecule has 2 aliphatic rings. The van der Waals surface area contributed by atoms with Crippen LogP contribution in [0.1, 0.15) is 6.42 Å². The van der Waals surface area contributed by atoms with E-state index >= 15 is 0 Å². The zero-order chi connectivity index (χ0) is 14.7. The number of methoxy groups -OCH3 is 1. The quantitative estimate of drug-likeness (QED) is 0.800. The fourth-order valence-corrected chi connectivity index (χ4v) is 2.98. The Morgan fingerprint density at radius 1 is 1.52 bits per heavy atom. The second kappa shape index (κ2) is 5.99. The molecule has 0 unspecified atom stereocenters. The van der Waals surface area contributed by atoms with Crippen LogP contribution < -0.4 is 4.74 Å². The van der Waals surface area contributed by atoms with Crippen molar-refractivity contribution in [3.63, 3.8) is 0 Å². The third-order valence-corrected chi connectivity index (χ3v) is 4.21. The van der Waals surface area contributed by atoms with Gasteiger partial charge in [-0.2, -0.15) is 0 Å². The first kappa shape index (κ1) is 14.3. The Hall–Kier alpha value is -1.66. The number of pyridine rings is 1. The van der Waals surface area contributed by atoms with Gasteiger partial charge in [-0.3, -0.25) is 4.79 Å². The second-order valence-electron chi connectivity index (χ2n) is 5.56. The Morgan fingerprint density at radius 3 is 3.10 bits per heavy atom. The summed E-state index contributed by atoms with van der Waals surface area (Å²) in [5.74, 6) is 0.945. The van der Waals surface area contributed by atoms with Crippen molar-refractivity contribution >= 4 is 5.91 Å². The fraction of sp³-hybridized carbons (Fsp3) is 0.600. The number of rotatable bonds is 5. The van der Waals surface area contributed by atoms with Crippen LogP contribution in [-0.2, 0) is 14.3 Å². The number of carbonyl (C=O) groups is 1. The maximum absolute atomic E-state index is 11.8. The molecular weight excluding hydrogens is 272 g/mol. The van der Waals surface area contributed by atoms with Gasteiger partial charge in [0.05, 0.1) is 19.7 Å². The molecule has 21 heavy (non-hydrogen) atoms. The summed E-state index contributed by atoms with van der Waals surface area (Å²) in [4.78, 5) is 17.7. The average Bonchev–Trinajstić information content (AvgIpc) is 2.88. The predicted octanol–water partition coefficient (Wildman–Crippen LogP) is 0.724. The number of hydrogen-bond donors (Lipinski definition) is 0. The van der Waals surface area contributed by atoms with E-state index in [1.54, 1.807) is 11.1 Å². The molecule has 0 saturated carbocycles. The first-order valence-electron chi connectivity index (χ1n) is 7.18. The Kier molecular flexibility index (Phi) is 4.07. The molecule has 1 amide bonds. The molecule has 6 heteroatoms. The number of ether oxygens (including phenoxy) is 3. The number of nitrogens with zero attached hydrogens (tertiary/aromatic N) is 2. The normalized spacial score (nSPS) is 23.1. The summed E-state index contributed by atoms with van der Waals surface area (Å²) in [6.45, 7) is 2.69. The maximum atomic E-state index is 11.8. The van der Waals surface area contributed by atoms with Gasteiger partial charge in [-0.25, -0.2) is 4.98 Å². The Balaban J connectivity index is 1.54. The summed E-state index contributed by atoms with van der Waals surface area (Å²) in [6.07, 6.45) is 2.67. The Labute approximate surface area is 124 Å². The highest BCUT2D eigenvalue weighted by atomic mass is 16.5. The van der Waals surface area contributed by atoms with Gasteiger partial charge in [0.1, 0.15) is 12.2 Å². The maximum Gasteiger partial charge on any atom is 0.248 e. The van der Waals surface area contributed by atoms with Crippen molar-refractivity contribution in [2.75, 3.05) is 40.0 Å². The van der Waals surface area contributed by atoms with Crippen LogP contribution in [0.2, 0.25) is 0 Å². The smallest absolute Gasteiger partial charge is 0.248 e. The molecule has 3 rings (SSSR count). The van der Waals surface area contributed by atoms with Gasteiger partial charge in [-0.1, -0.05) is 6.07 Å². The van der Waals surface area contributed by atoms with Crippen molar-refractivity contribution in [2.24, 2.45) is 5.92 Å². The van der Waals surface area contributed by atoms with Crippen molar-refractivity contribution in [3.8, 4) is 5.88 Å². The molecule has 1 spiro atoms. The summed E-state index contributed by atoms with van der Waals surface area (Å²) in [7, 11) is 1.53. The van der Waals surface area contributed by atoms with Crippen molar-refractivity contribution in [1.29, 1.82) is 0 Å². The van der Waals surface area contributed by atoms with Gasteiger partial charge < -0.3 is 19.1 Å². The molecule has 0 N–H and O–H groups in total. The Morgan fingerprint density at radius 2 is 2.38 bits per heavy atom. The molecule has 2 fully saturated rings. The summed E-state index contributed by atoms with van der Waals surface area (Å²) < 4.78 is 16.5. The Bertz CT molecular complexity index is 488. The van der Waals surface area contributed by atoms with Crippen LogP contribution in [-0.4, -0.2) is 61.4 Å². The highest BCUT2D eigenvalue weighted by Crippen LogP contribution is 2.40. The van der Waals surface area contributed by atoms with Gasteiger partial charge in [-0.15, -0.1) is 0 Å². The molecule has 6 nitrogen and oxygen atoms in total. The van der Waals surface area contributed by atoms with Gasteiger partial charge in [0, 0.05) is 31.9 Å². The van der Waals surface area contributed by atoms with E-state index in [0.29, 0.717) is 31.5 Å². The van der Waals surface area contributed by atoms with Crippen molar-refractivity contribution in [1.82, 2.24) is 9.88 Å². The molecule has 2 aliphatic heterocycles. The van der Waals surface area contributed by atoms with Gasteiger partial charge >= 0.3 is 0 Å². The zero-order valence-corrected chi connectivity index (χ0v) is 12.2. The van der Waals surface area contributed by atoms with E-state index in [1.807, 2.05) is 18.2 Å². The molecule has 0 aliphatic carbocycles. The van der Waals surface area contributed by atoms with E-state index in [4.69, 9.17) is 14.2 Å². The monoisotopic (exact) mass is 292 g/mol. The molecule has 1 aromatic heterocycles. The lowest BCUT2D eigenvalue weighted by Gasteiger charge is -2.49. The first-order valence-corrected chi connectivity index (χ1v) is 7.18. The summed E-state index contributed by atoms with van der Waals surface area (Å²) in [5, 5.41) is 0. The van der Waals surface area contributed by atoms with E-state index in [2.05, 4.69) is 4.98 Å². The number of hydrogen-bond acceptors (Lipinski definition) is 5. The predicted molar refractivity (Wildman–Crippen MR) is 75.0 cm³/mol. The number of aromatic nitrogens is 1. The largest absolute Gasteiger partial charge is 0.477 e. The van der Waals surface area contributed by atoms with E-state index in [0.717, 1.165) is 13.0 Å². The lowest BCUT2D eigenvalue weighted by Crippen LogP contribution is -2.67. The van der Waals surface area contributed by atoms with Crippen LogP contribution in [0.25, 0.3) is 0 Å². The molecule has 2 saturated heterocycles. The van der Waals surface area contributed by atoms with Gasteiger partial charge in [0.2, 0.25) is 11.8 Å².